The Labute approximate surface area is 169 Å². The third-order valence-electron chi connectivity index (χ3n) is 4.66. The minimum atomic E-state index is -3.65. The Morgan fingerprint density at radius 1 is 1.14 bits per heavy atom. The lowest BCUT2D eigenvalue weighted by Crippen LogP contribution is -2.40. The Kier molecular flexibility index (Phi) is 6.51. The van der Waals surface area contributed by atoms with Crippen LogP contribution < -0.4 is 10.6 Å². The molecule has 0 radical (unpaired) electrons. The number of hydrogen-bond donors (Lipinski definition) is 2. The van der Waals surface area contributed by atoms with Crippen LogP contribution in [0.15, 0.2) is 47.4 Å². The van der Waals surface area contributed by atoms with Crippen LogP contribution in [-0.2, 0) is 19.6 Å². The first-order valence-corrected chi connectivity index (χ1v) is 10.7. The number of morpholine rings is 1. The minimum Gasteiger partial charge on any atom is -0.379 e. The predicted molar refractivity (Wildman–Crippen MR) is 109 cm³/mol. The van der Waals surface area contributed by atoms with Crippen molar-refractivity contribution in [3.63, 3.8) is 0 Å². The molecule has 29 heavy (non-hydrogen) atoms. The molecule has 0 saturated carbocycles. The molecule has 7 nitrogen and oxygen atoms in total. The van der Waals surface area contributed by atoms with E-state index in [4.69, 9.17) is 4.74 Å². The summed E-state index contributed by atoms with van der Waals surface area (Å²) in [6.07, 6.45) is 0. The van der Waals surface area contributed by atoms with Crippen LogP contribution in [0.1, 0.15) is 12.5 Å². The molecule has 1 fully saturated rings. The Balaban J connectivity index is 1.68. The van der Waals surface area contributed by atoms with E-state index >= 15 is 0 Å². The van der Waals surface area contributed by atoms with Gasteiger partial charge < -0.3 is 15.4 Å². The van der Waals surface area contributed by atoms with Gasteiger partial charge in [0, 0.05) is 24.5 Å². The van der Waals surface area contributed by atoms with Crippen molar-refractivity contribution in [2.45, 2.75) is 24.8 Å². The molecule has 3 rings (SSSR count). The van der Waals surface area contributed by atoms with E-state index in [1.165, 1.54) is 22.5 Å². The van der Waals surface area contributed by atoms with E-state index in [1.54, 1.807) is 38.1 Å². The van der Waals surface area contributed by atoms with E-state index in [2.05, 4.69) is 10.6 Å². The SMILES string of the molecule is Cc1ccc(N[C@H](C)C(=O)Nc2cccc(S(=O)(=O)N3CCOCC3)c2)cc1F. The van der Waals surface area contributed by atoms with Gasteiger partial charge in [0.2, 0.25) is 15.9 Å². The molecule has 1 amide bonds. The second kappa shape index (κ2) is 8.89. The van der Waals surface area contributed by atoms with Gasteiger partial charge in [-0.2, -0.15) is 4.31 Å². The van der Waals surface area contributed by atoms with Gasteiger partial charge in [0.05, 0.1) is 18.1 Å². The summed E-state index contributed by atoms with van der Waals surface area (Å²) in [6.45, 7) is 4.62. The summed E-state index contributed by atoms with van der Waals surface area (Å²) in [6, 6.07) is 10.1. The summed E-state index contributed by atoms with van der Waals surface area (Å²) >= 11 is 0. The maximum Gasteiger partial charge on any atom is 0.246 e. The van der Waals surface area contributed by atoms with Crippen LogP contribution in [0.3, 0.4) is 0 Å². The molecule has 1 saturated heterocycles. The lowest BCUT2D eigenvalue weighted by Gasteiger charge is -2.26. The third kappa shape index (κ3) is 5.11. The van der Waals surface area contributed by atoms with E-state index in [1.807, 2.05) is 0 Å². The molecule has 2 N–H and O–H groups in total. The quantitative estimate of drug-likeness (QED) is 0.749. The van der Waals surface area contributed by atoms with Gasteiger partial charge in [0.1, 0.15) is 11.9 Å². The second-order valence-corrected chi connectivity index (χ2v) is 8.80. The van der Waals surface area contributed by atoms with Crippen molar-refractivity contribution in [2.24, 2.45) is 0 Å². The fourth-order valence-corrected chi connectivity index (χ4v) is 4.37. The predicted octanol–water partition coefficient (Wildman–Crippen LogP) is 2.59. The fraction of sp³-hybridized carbons (Fsp3) is 0.350. The molecular formula is C20H24FN3O4S. The van der Waals surface area contributed by atoms with Crippen LogP contribution in [0, 0.1) is 12.7 Å². The number of rotatable bonds is 6. The van der Waals surface area contributed by atoms with Crippen molar-refractivity contribution in [2.75, 3.05) is 36.9 Å². The topological polar surface area (TPSA) is 87.7 Å². The minimum absolute atomic E-state index is 0.110. The summed E-state index contributed by atoms with van der Waals surface area (Å²) in [5.74, 6) is -0.726. The highest BCUT2D eigenvalue weighted by atomic mass is 32.2. The molecule has 0 spiro atoms. The van der Waals surface area contributed by atoms with Gasteiger partial charge in [-0.05, 0) is 49.7 Å². The second-order valence-electron chi connectivity index (χ2n) is 6.86. The van der Waals surface area contributed by atoms with E-state index in [9.17, 15) is 17.6 Å². The molecule has 0 bridgehead atoms. The number of benzene rings is 2. The molecule has 9 heteroatoms. The molecular weight excluding hydrogens is 397 g/mol. The number of halogens is 1. The Hall–Kier alpha value is -2.49. The van der Waals surface area contributed by atoms with Crippen molar-refractivity contribution < 1.29 is 22.3 Å². The van der Waals surface area contributed by atoms with Crippen molar-refractivity contribution in [1.29, 1.82) is 0 Å². The number of anilines is 2. The molecule has 1 aliphatic rings. The first-order valence-electron chi connectivity index (χ1n) is 9.29. The Morgan fingerprint density at radius 2 is 1.86 bits per heavy atom. The summed E-state index contributed by atoms with van der Waals surface area (Å²) in [5.41, 5.74) is 1.37. The van der Waals surface area contributed by atoms with Gasteiger partial charge in [-0.3, -0.25) is 4.79 Å². The van der Waals surface area contributed by atoms with E-state index in [-0.39, 0.29) is 16.6 Å². The van der Waals surface area contributed by atoms with Crippen molar-refractivity contribution in [3.8, 4) is 0 Å². The van der Waals surface area contributed by atoms with E-state index in [0.717, 1.165) is 0 Å². The van der Waals surface area contributed by atoms with Crippen LogP contribution in [0.5, 0.6) is 0 Å². The lowest BCUT2D eigenvalue weighted by molar-refractivity contribution is -0.116. The highest BCUT2D eigenvalue weighted by Gasteiger charge is 2.26. The van der Waals surface area contributed by atoms with Crippen LogP contribution in [0.4, 0.5) is 15.8 Å². The smallest absolute Gasteiger partial charge is 0.246 e. The third-order valence-corrected chi connectivity index (χ3v) is 6.55. The number of ether oxygens (including phenoxy) is 1. The average molecular weight is 421 g/mol. The highest BCUT2D eigenvalue weighted by molar-refractivity contribution is 7.89. The van der Waals surface area contributed by atoms with Gasteiger partial charge in [0.25, 0.3) is 0 Å². The van der Waals surface area contributed by atoms with E-state index in [0.29, 0.717) is 43.2 Å². The maximum atomic E-state index is 13.7. The van der Waals surface area contributed by atoms with Crippen molar-refractivity contribution in [1.82, 2.24) is 4.31 Å². The number of aryl methyl sites for hydroxylation is 1. The van der Waals surface area contributed by atoms with Crippen LogP contribution in [-0.4, -0.2) is 51.0 Å². The fourth-order valence-electron chi connectivity index (χ4n) is 2.92. The Bertz CT molecular complexity index is 991. The van der Waals surface area contributed by atoms with Gasteiger partial charge in [-0.1, -0.05) is 12.1 Å². The first-order chi connectivity index (χ1) is 13.8. The lowest BCUT2D eigenvalue weighted by atomic mass is 10.2. The van der Waals surface area contributed by atoms with Crippen molar-refractivity contribution in [3.05, 3.63) is 53.8 Å². The van der Waals surface area contributed by atoms with Crippen LogP contribution in [0.25, 0.3) is 0 Å². The van der Waals surface area contributed by atoms with Crippen LogP contribution in [0.2, 0.25) is 0 Å². The molecule has 2 aromatic rings. The summed E-state index contributed by atoms with van der Waals surface area (Å²) in [7, 11) is -3.65. The Morgan fingerprint density at radius 3 is 2.55 bits per heavy atom. The molecule has 156 valence electrons. The summed E-state index contributed by atoms with van der Waals surface area (Å²) in [5, 5.41) is 5.63. The molecule has 1 aliphatic heterocycles. The number of sulfonamides is 1. The molecule has 0 unspecified atom stereocenters. The first kappa shape index (κ1) is 21.2. The number of hydrogen-bond acceptors (Lipinski definition) is 5. The number of nitrogens with one attached hydrogen (secondary N) is 2. The molecule has 1 heterocycles. The average Bonchev–Trinajstić information content (AvgIpc) is 2.71. The largest absolute Gasteiger partial charge is 0.379 e. The molecule has 2 aromatic carbocycles. The maximum absolute atomic E-state index is 13.7. The normalized spacial score (nSPS) is 16.2. The van der Waals surface area contributed by atoms with Gasteiger partial charge in [-0.25, -0.2) is 12.8 Å². The van der Waals surface area contributed by atoms with Crippen LogP contribution >= 0.6 is 0 Å². The zero-order valence-electron chi connectivity index (χ0n) is 16.3. The standard InChI is InChI=1S/C20H24FN3O4S/c1-14-6-7-17(13-19(14)21)22-15(2)20(25)23-16-4-3-5-18(12-16)29(26,27)24-8-10-28-11-9-24/h3-7,12-13,15,22H,8-11H2,1-2H3,(H,23,25)/t15-/m1/s1. The molecule has 1 atom stereocenters. The van der Waals surface area contributed by atoms with E-state index < -0.39 is 16.1 Å². The zero-order chi connectivity index (χ0) is 21.0. The zero-order valence-corrected chi connectivity index (χ0v) is 17.1. The molecule has 0 aliphatic carbocycles. The van der Waals surface area contributed by atoms with Gasteiger partial charge >= 0.3 is 0 Å². The highest BCUT2D eigenvalue weighted by Crippen LogP contribution is 2.21. The number of nitrogens with zero attached hydrogens (tertiary/aromatic N) is 1. The summed E-state index contributed by atoms with van der Waals surface area (Å²) in [4.78, 5) is 12.6. The summed E-state index contributed by atoms with van der Waals surface area (Å²) < 4.78 is 45.8. The van der Waals surface area contributed by atoms with Gasteiger partial charge in [0.15, 0.2) is 0 Å². The van der Waals surface area contributed by atoms with Crippen molar-refractivity contribution >= 4 is 27.3 Å². The number of carbonyl (C=O) groups is 1. The monoisotopic (exact) mass is 421 g/mol. The number of amides is 1. The molecule has 0 aromatic heterocycles. The number of carbonyl (C=O) groups excluding carboxylic acids is 1. The van der Waals surface area contributed by atoms with Gasteiger partial charge in [-0.15, -0.1) is 0 Å².